The smallest absolute Gasteiger partial charge is 0.409 e. The lowest BCUT2D eigenvalue weighted by atomic mass is 9.82. The molecule has 1 amide bonds. The summed E-state index contributed by atoms with van der Waals surface area (Å²) in [4.78, 5) is 13.7. The third kappa shape index (κ3) is 2.69. The average molecular weight is 225 g/mol. The van der Waals surface area contributed by atoms with E-state index in [0.29, 0.717) is 12.5 Å². The molecule has 3 heteroatoms. The Morgan fingerprint density at radius 1 is 1.25 bits per heavy atom. The standard InChI is InChI=1S/C13H23NO2/c1-10(2)9-16-13(15)14-7-11-5-3-4-6-12(11)8-14/h10-12H,3-9H2,1-2H3. The van der Waals surface area contributed by atoms with Crippen LogP contribution in [0.2, 0.25) is 0 Å². The molecule has 1 heterocycles. The normalized spacial score (nSPS) is 29.3. The van der Waals surface area contributed by atoms with Crippen LogP contribution in [0.25, 0.3) is 0 Å². The van der Waals surface area contributed by atoms with E-state index in [9.17, 15) is 4.79 Å². The van der Waals surface area contributed by atoms with Crippen molar-refractivity contribution in [3.05, 3.63) is 0 Å². The van der Waals surface area contributed by atoms with E-state index in [-0.39, 0.29) is 6.09 Å². The highest BCUT2D eigenvalue weighted by atomic mass is 16.6. The summed E-state index contributed by atoms with van der Waals surface area (Å²) in [6.45, 7) is 6.54. The predicted molar refractivity (Wildman–Crippen MR) is 63.2 cm³/mol. The molecule has 2 atom stereocenters. The van der Waals surface area contributed by atoms with E-state index in [2.05, 4.69) is 13.8 Å². The van der Waals surface area contributed by atoms with Crippen LogP contribution in [-0.4, -0.2) is 30.7 Å². The first kappa shape index (κ1) is 11.7. The monoisotopic (exact) mass is 225 g/mol. The Balaban J connectivity index is 1.80. The van der Waals surface area contributed by atoms with Gasteiger partial charge in [-0.05, 0) is 30.6 Å². The summed E-state index contributed by atoms with van der Waals surface area (Å²) in [5.74, 6) is 1.93. The highest BCUT2D eigenvalue weighted by molar-refractivity contribution is 5.68. The first-order valence-electron chi connectivity index (χ1n) is 6.58. The van der Waals surface area contributed by atoms with Crippen molar-refractivity contribution in [1.82, 2.24) is 4.90 Å². The van der Waals surface area contributed by atoms with Gasteiger partial charge < -0.3 is 9.64 Å². The van der Waals surface area contributed by atoms with Crippen LogP contribution in [0.3, 0.4) is 0 Å². The molecule has 1 aliphatic carbocycles. The Kier molecular flexibility index (Phi) is 3.72. The molecular weight excluding hydrogens is 202 g/mol. The van der Waals surface area contributed by atoms with Crippen LogP contribution < -0.4 is 0 Å². The fourth-order valence-electron chi connectivity index (χ4n) is 2.88. The molecule has 1 saturated carbocycles. The molecule has 0 aromatic carbocycles. The number of rotatable bonds is 2. The lowest BCUT2D eigenvalue weighted by Gasteiger charge is -2.22. The fourth-order valence-corrected chi connectivity index (χ4v) is 2.88. The van der Waals surface area contributed by atoms with Gasteiger partial charge in [0.1, 0.15) is 0 Å². The topological polar surface area (TPSA) is 29.5 Å². The zero-order valence-corrected chi connectivity index (χ0v) is 10.4. The van der Waals surface area contributed by atoms with E-state index in [1.54, 1.807) is 0 Å². The Morgan fingerprint density at radius 3 is 2.31 bits per heavy atom. The maximum absolute atomic E-state index is 11.8. The van der Waals surface area contributed by atoms with E-state index in [1.165, 1.54) is 25.7 Å². The molecule has 2 rings (SSSR count). The van der Waals surface area contributed by atoms with Crippen molar-refractivity contribution in [2.24, 2.45) is 17.8 Å². The van der Waals surface area contributed by atoms with E-state index < -0.39 is 0 Å². The zero-order chi connectivity index (χ0) is 11.5. The van der Waals surface area contributed by atoms with Crippen LogP contribution in [0, 0.1) is 17.8 Å². The summed E-state index contributed by atoms with van der Waals surface area (Å²) in [7, 11) is 0. The van der Waals surface area contributed by atoms with E-state index in [0.717, 1.165) is 24.9 Å². The predicted octanol–water partition coefficient (Wildman–Crippen LogP) is 2.90. The van der Waals surface area contributed by atoms with Crippen LogP contribution in [0.1, 0.15) is 39.5 Å². The second-order valence-electron chi connectivity index (χ2n) is 5.68. The molecule has 2 aliphatic rings. The molecule has 1 aliphatic heterocycles. The third-order valence-electron chi connectivity index (χ3n) is 3.77. The molecule has 16 heavy (non-hydrogen) atoms. The van der Waals surface area contributed by atoms with Crippen molar-refractivity contribution in [2.45, 2.75) is 39.5 Å². The van der Waals surface area contributed by atoms with Gasteiger partial charge in [-0.15, -0.1) is 0 Å². The summed E-state index contributed by atoms with van der Waals surface area (Å²) in [5, 5.41) is 0. The quantitative estimate of drug-likeness (QED) is 0.723. The highest BCUT2D eigenvalue weighted by Gasteiger charge is 2.36. The molecule has 0 N–H and O–H groups in total. The fraction of sp³-hybridized carbons (Fsp3) is 0.923. The van der Waals surface area contributed by atoms with Gasteiger partial charge in [-0.2, -0.15) is 0 Å². The van der Waals surface area contributed by atoms with Crippen LogP contribution in [0.15, 0.2) is 0 Å². The molecule has 0 aromatic heterocycles. The number of hydrogen-bond donors (Lipinski definition) is 0. The van der Waals surface area contributed by atoms with Gasteiger partial charge in [-0.1, -0.05) is 26.7 Å². The van der Waals surface area contributed by atoms with Crippen LogP contribution in [0.4, 0.5) is 4.79 Å². The third-order valence-corrected chi connectivity index (χ3v) is 3.77. The largest absolute Gasteiger partial charge is 0.449 e. The molecule has 2 fully saturated rings. The molecule has 1 saturated heterocycles. The minimum Gasteiger partial charge on any atom is -0.449 e. The van der Waals surface area contributed by atoms with Crippen LogP contribution in [0.5, 0.6) is 0 Å². The number of amides is 1. The van der Waals surface area contributed by atoms with Crippen molar-refractivity contribution in [3.63, 3.8) is 0 Å². The summed E-state index contributed by atoms with van der Waals surface area (Å²) in [5.41, 5.74) is 0. The molecule has 3 nitrogen and oxygen atoms in total. The summed E-state index contributed by atoms with van der Waals surface area (Å²) >= 11 is 0. The van der Waals surface area contributed by atoms with Gasteiger partial charge in [0.05, 0.1) is 6.61 Å². The molecule has 92 valence electrons. The molecule has 2 unspecified atom stereocenters. The number of carbonyl (C=O) groups is 1. The Hall–Kier alpha value is -0.730. The van der Waals surface area contributed by atoms with Gasteiger partial charge in [-0.25, -0.2) is 4.79 Å². The Morgan fingerprint density at radius 2 is 1.81 bits per heavy atom. The summed E-state index contributed by atoms with van der Waals surface area (Å²) < 4.78 is 5.28. The van der Waals surface area contributed by atoms with Crippen molar-refractivity contribution in [2.75, 3.05) is 19.7 Å². The Labute approximate surface area is 98.1 Å². The van der Waals surface area contributed by atoms with Gasteiger partial charge in [0, 0.05) is 13.1 Å². The van der Waals surface area contributed by atoms with Gasteiger partial charge in [0.25, 0.3) is 0 Å². The van der Waals surface area contributed by atoms with Crippen molar-refractivity contribution in [1.29, 1.82) is 0 Å². The summed E-state index contributed by atoms with van der Waals surface area (Å²) in [6.07, 6.45) is 5.20. The molecule has 0 bridgehead atoms. The number of nitrogens with zero attached hydrogens (tertiary/aromatic N) is 1. The lowest BCUT2D eigenvalue weighted by Crippen LogP contribution is -2.30. The number of hydrogen-bond acceptors (Lipinski definition) is 2. The number of fused-ring (bicyclic) bond motifs is 1. The van der Waals surface area contributed by atoms with Crippen molar-refractivity contribution in [3.8, 4) is 0 Å². The number of likely N-dealkylation sites (tertiary alicyclic amines) is 1. The van der Waals surface area contributed by atoms with Crippen molar-refractivity contribution >= 4 is 6.09 Å². The minimum atomic E-state index is -0.0944. The van der Waals surface area contributed by atoms with Gasteiger partial charge in [-0.3, -0.25) is 0 Å². The molecule has 0 radical (unpaired) electrons. The second-order valence-corrected chi connectivity index (χ2v) is 5.68. The summed E-state index contributed by atoms with van der Waals surface area (Å²) in [6, 6.07) is 0. The zero-order valence-electron chi connectivity index (χ0n) is 10.4. The average Bonchev–Trinajstić information content (AvgIpc) is 2.69. The van der Waals surface area contributed by atoms with Crippen LogP contribution >= 0.6 is 0 Å². The van der Waals surface area contributed by atoms with E-state index in [1.807, 2.05) is 4.90 Å². The highest BCUT2D eigenvalue weighted by Crippen LogP contribution is 2.36. The maximum Gasteiger partial charge on any atom is 0.409 e. The maximum atomic E-state index is 11.8. The number of carbonyl (C=O) groups excluding carboxylic acids is 1. The minimum absolute atomic E-state index is 0.0944. The van der Waals surface area contributed by atoms with Crippen molar-refractivity contribution < 1.29 is 9.53 Å². The Bertz CT molecular complexity index is 238. The van der Waals surface area contributed by atoms with Gasteiger partial charge in [0.15, 0.2) is 0 Å². The van der Waals surface area contributed by atoms with E-state index in [4.69, 9.17) is 4.74 Å². The SMILES string of the molecule is CC(C)COC(=O)N1CC2CCCCC2C1. The number of ether oxygens (including phenoxy) is 1. The van der Waals surface area contributed by atoms with Gasteiger partial charge >= 0.3 is 6.09 Å². The second kappa shape index (κ2) is 5.07. The van der Waals surface area contributed by atoms with E-state index >= 15 is 0 Å². The first-order chi connectivity index (χ1) is 7.66. The first-order valence-corrected chi connectivity index (χ1v) is 6.58. The lowest BCUT2D eigenvalue weighted by molar-refractivity contribution is 0.0977. The van der Waals surface area contributed by atoms with Crippen LogP contribution in [-0.2, 0) is 4.74 Å². The molecule has 0 spiro atoms. The molecule has 0 aromatic rings. The van der Waals surface area contributed by atoms with Gasteiger partial charge in [0.2, 0.25) is 0 Å². The molecular formula is C13H23NO2.